The molecule has 2 aliphatic rings. The third-order valence-electron chi connectivity index (χ3n) is 4.54. The van der Waals surface area contributed by atoms with E-state index in [4.69, 9.17) is 5.11 Å². The SMILES string of the molecule is CS/C(=N\S(=O)(=O)c1ccc(CO)cc1)N1CC2(C=N1)CCCC2. The van der Waals surface area contributed by atoms with Gasteiger partial charge in [-0.15, -0.1) is 4.40 Å². The molecule has 0 radical (unpaired) electrons. The number of aliphatic hydroxyl groups is 1. The molecule has 1 heterocycles. The van der Waals surface area contributed by atoms with E-state index in [1.165, 1.54) is 36.7 Å². The Hall–Kier alpha value is -1.38. The molecule has 1 N–H and O–H groups in total. The minimum atomic E-state index is -3.80. The van der Waals surface area contributed by atoms with E-state index in [2.05, 4.69) is 9.50 Å². The lowest BCUT2D eigenvalue weighted by Gasteiger charge is -2.22. The Balaban J connectivity index is 1.82. The van der Waals surface area contributed by atoms with Crippen LogP contribution in [0.1, 0.15) is 31.2 Å². The Morgan fingerprint density at radius 2 is 2.00 bits per heavy atom. The monoisotopic (exact) mass is 367 g/mol. The van der Waals surface area contributed by atoms with Crippen LogP contribution in [-0.2, 0) is 16.6 Å². The summed E-state index contributed by atoms with van der Waals surface area (Å²) in [5.74, 6) is 0. The molecule has 1 aromatic carbocycles. The number of hydrogen-bond donors (Lipinski definition) is 1. The normalized spacial score (nSPS) is 20.2. The van der Waals surface area contributed by atoms with Crippen molar-refractivity contribution in [3.63, 3.8) is 0 Å². The maximum Gasteiger partial charge on any atom is 0.284 e. The summed E-state index contributed by atoms with van der Waals surface area (Å²) in [7, 11) is -3.80. The van der Waals surface area contributed by atoms with E-state index in [9.17, 15) is 8.42 Å². The van der Waals surface area contributed by atoms with Gasteiger partial charge in [0, 0.05) is 11.6 Å². The number of hydrogen-bond acceptors (Lipinski definition) is 5. The van der Waals surface area contributed by atoms with Crippen molar-refractivity contribution in [1.82, 2.24) is 5.01 Å². The van der Waals surface area contributed by atoms with E-state index in [1.54, 1.807) is 23.4 Å². The fourth-order valence-corrected chi connectivity index (χ4v) is 4.97. The van der Waals surface area contributed by atoms with Gasteiger partial charge in [-0.2, -0.15) is 13.5 Å². The van der Waals surface area contributed by atoms with Gasteiger partial charge in [0.15, 0.2) is 5.17 Å². The molecule has 1 aliphatic heterocycles. The van der Waals surface area contributed by atoms with Crippen LogP contribution < -0.4 is 0 Å². The van der Waals surface area contributed by atoms with E-state index in [-0.39, 0.29) is 16.9 Å². The Bertz CT molecular complexity index is 751. The lowest BCUT2D eigenvalue weighted by Crippen LogP contribution is -2.30. The second kappa shape index (κ2) is 6.85. The smallest absolute Gasteiger partial charge is 0.284 e. The van der Waals surface area contributed by atoms with E-state index in [1.807, 2.05) is 6.21 Å². The molecule has 0 saturated heterocycles. The molecule has 1 aromatic rings. The van der Waals surface area contributed by atoms with Gasteiger partial charge in [0.1, 0.15) is 0 Å². The summed E-state index contributed by atoms with van der Waals surface area (Å²) in [6.07, 6.45) is 8.36. The highest BCUT2D eigenvalue weighted by atomic mass is 32.2. The number of benzene rings is 1. The van der Waals surface area contributed by atoms with Crippen LogP contribution in [-0.4, -0.2) is 42.7 Å². The zero-order valence-electron chi connectivity index (χ0n) is 13.6. The molecule has 0 bridgehead atoms. The van der Waals surface area contributed by atoms with Gasteiger partial charge in [-0.1, -0.05) is 36.7 Å². The van der Waals surface area contributed by atoms with Crippen LogP contribution in [0.15, 0.2) is 38.7 Å². The summed E-state index contributed by atoms with van der Waals surface area (Å²) in [4.78, 5) is 0.116. The Labute approximate surface area is 146 Å². The van der Waals surface area contributed by atoms with Crippen molar-refractivity contribution in [3.8, 4) is 0 Å². The molecule has 0 amide bonds. The third kappa shape index (κ3) is 3.50. The highest BCUT2D eigenvalue weighted by Crippen LogP contribution is 2.40. The number of amidine groups is 1. The van der Waals surface area contributed by atoms with E-state index in [0.29, 0.717) is 17.3 Å². The highest BCUT2D eigenvalue weighted by Gasteiger charge is 2.39. The van der Waals surface area contributed by atoms with Crippen LogP contribution in [0.2, 0.25) is 0 Å². The van der Waals surface area contributed by atoms with Crippen molar-refractivity contribution in [1.29, 1.82) is 0 Å². The average molecular weight is 367 g/mol. The third-order valence-corrected chi connectivity index (χ3v) is 6.60. The van der Waals surface area contributed by atoms with E-state index < -0.39 is 10.0 Å². The van der Waals surface area contributed by atoms with Gasteiger partial charge in [-0.3, -0.25) is 0 Å². The van der Waals surface area contributed by atoms with Crippen LogP contribution in [0.4, 0.5) is 0 Å². The quantitative estimate of drug-likeness (QED) is 0.655. The molecule has 0 aromatic heterocycles. The van der Waals surface area contributed by atoms with Crippen LogP contribution in [0, 0.1) is 5.41 Å². The fourth-order valence-electron chi connectivity index (χ4n) is 3.17. The molecule has 0 atom stereocenters. The number of hydrazone groups is 1. The number of sulfonamides is 1. The van der Waals surface area contributed by atoms with Crippen molar-refractivity contribution in [3.05, 3.63) is 29.8 Å². The van der Waals surface area contributed by atoms with Crippen molar-refractivity contribution in [2.75, 3.05) is 12.8 Å². The van der Waals surface area contributed by atoms with Crippen LogP contribution in [0.5, 0.6) is 0 Å². The molecule has 1 saturated carbocycles. The second-order valence-corrected chi connectivity index (χ2v) is 8.60. The predicted molar refractivity (Wildman–Crippen MR) is 96.6 cm³/mol. The van der Waals surface area contributed by atoms with Crippen LogP contribution >= 0.6 is 11.8 Å². The van der Waals surface area contributed by atoms with E-state index in [0.717, 1.165) is 12.8 Å². The largest absolute Gasteiger partial charge is 0.392 e. The first kappa shape index (κ1) is 17.4. The van der Waals surface area contributed by atoms with Gasteiger partial charge in [-0.05, 0) is 36.8 Å². The summed E-state index contributed by atoms with van der Waals surface area (Å²) in [6, 6.07) is 6.10. The number of aliphatic hydroxyl groups excluding tert-OH is 1. The summed E-state index contributed by atoms with van der Waals surface area (Å²) in [5, 5.41) is 15.6. The molecule has 1 spiro atoms. The summed E-state index contributed by atoms with van der Waals surface area (Å²) >= 11 is 1.28. The fraction of sp³-hybridized carbons (Fsp3) is 0.500. The molecule has 1 aliphatic carbocycles. The summed E-state index contributed by atoms with van der Waals surface area (Å²) < 4.78 is 29.0. The first-order valence-electron chi connectivity index (χ1n) is 7.89. The van der Waals surface area contributed by atoms with Gasteiger partial charge < -0.3 is 5.11 Å². The maximum atomic E-state index is 12.5. The van der Waals surface area contributed by atoms with Crippen molar-refractivity contribution in [2.45, 2.75) is 37.2 Å². The molecule has 6 nitrogen and oxygen atoms in total. The summed E-state index contributed by atoms with van der Waals surface area (Å²) in [5.41, 5.74) is 0.749. The number of thioether (sulfide) groups is 1. The molecule has 0 unspecified atom stereocenters. The molecule has 1 fully saturated rings. The Morgan fingerprint density at radius 1 is 1.33 bits per heavy atom. The lowest BCUT2D eigenvalue weighted by atomic mass is 9.89. The molecular formula is C16H21N3O3S2. The second-order valence-electron chi connectivity index (χ2n) is 6.23. The Kier molecular flexibility index (Phi) is 4.98. The zero-order chi connectivity index (χ0) is 17.2. The van der Waals surface area contributed by atoms with Gasteiger partial charge in [0.2, 0.25) is 0 Å². The number of rotatable bonds is 3. The Morgan fingerprint density at radius 3 is 2.58 bits per heavy atom. The minimum Gasteiger partial charge on any atom is -0.392 e. The zero-order valence-corrected chi connectivity index (χ0v) is 15.2. The maximum absolute atomic E-state index is 12.5. The van der Waals surface area contributed by atoms with Crippen LogP contribution in [0.25, 0.3) is 0 Å². The highest BCUT2D eigenvalue weighted by molar-refractivity contribution is 8.13. The topological polar surface area (TPSA) is 82.3 Å². The first-order chi connectivity index (χ1) is 11.5. The average Bonchev–Trinajstić information content (AvgIpc) is 3.23. The number of nitrogens with zero attached hydrogens (tertiary/aromatic N) is 3. The molecule has 24 heavy (non-hydrogen) atoms. The van der Waals surface area contributed by atoms with Gasteiger partial charge in [0.05, 0.1) is 18.0 Å². The van der Waals surface area contributed by atoms with Gasteiger partial charge in [-0.25, -0.2) is 5.01 Å². The van der Waals surface area contributed by atoms with Gasteiger partial charge >= 0.3 is 0 Å². The standard InChI is InChI=1S/C16H21N3O3S2/c1-23-15(19-12-16(11-17-19)8-2-3-9-16)18-24(21,22)14-6-4-13(10-20)5-7-14/h4-7,11,20H,2-3,8-10,12H2,1H3/b18-15-. The van der Waals surface area contributed by atoms with Crippen molar-refractivity contribution >= 4 is 33.2 Å². The predicted octanol–water partition coefficient (Wildman–Crippen LogP) is 2.45. The molecule has 8 heteroatoms. The molecule has 130 valence electrons. The van der Waals surface area contributed by atoms with Crippen molar-refractivity contribution < 1.29 is 13.5 Å². The van der Waals surface area contributed by atoms with E-state index >= 15 is 0 Å². The lowest BCUT2D eigenvalue weighted by molar-refractivity contribution is 0.282. The van der Waals surface area contributed by atoms with Crippen LogP contribution in [0.3, 0.4) is 0 Å². The molecule has 3 rings (SSSR count). The molecular weight excluding hydrogens is 346 g/mol. The minimum absolute atomic E-state index is 0.0863. The first-order valence-corrected chi connectivity index (χ1v) is 10.6. The van der Waals surface area contributed by atoms with Crippen molar-refractivity contribution in [2.24, 2.45) is 14.9 Å². The van der Waals surface area contributed by atoms with Gasteiger partial charge in [0.25, 0.3) is 10.0 Å². The summed E-state index contributed by atoms with van der Waals surface area (Å²) in [6.45, 7) is 0.579.